The number of piperazine rings is 1. The third kappa shape index (κ3) is 8.30. The molecule has 7 heteroatoms. The number of nitrogens with zero attached hydrogens (tertiary/aromatic N) is 3. The summed E-state index contributed by atoms with van der Waals surface area (Å²) in [5.41, 5.74) is 2.71. The van der Waals surface area contributed by atoms with E-state index in [0.717, 1.165) is 58.3 Å². The molecule has 2 aliphatic rings. The number of ether oxygens (including phenoxy) is 1. The van der Waals surface area contributed by atoms with Crippen LogP contribution in [0.15, 0.2) is 29.3 Å². The quantitative estimate of drug-likeness (QED) is 0.242. The predicted octanol–water partition coefficient (Wildman–Crippen LogP) is 2.86. The van der Waals surface area contributed by atoms with Crippen LogP contribution >= 0.6 is 24.0 Å². The molecule has 164 valence electrons. The second-order valence-electron chi connectivity index (χ2n) is 7.89. The molecule has 29 heavy (non-hydrogen) atoms. The molecule has 0 aliphatic carbocycles. The van der Waals surface area contributed by atoms with Crippen molar-refractivity contribution in [1.29, 1.82) is 0 Å². The molecule has 1 aromatic carbocycles. The van der Waals surface area contributed by atoms with Crippen LogP contribution in [0, 0.1) is 6.92 Å². The number of guanidine groups is 1. The zero-order valence-electron chi connectivity index (χ0n) is 18.0. The minimum atomic E-state index is 0. The van der Waals surface area contributed by atoms with Gasteiger partial charge in [-0.1, -0.05) is 12.1 Å². The van der Waals surface area contributed by atoms with Crippen molar-refractivity contribution in [3.63, 3.8) is 0 Å². The van der Waals surface area contributed by atoms with E-state index in [-0.39, 0.29) is 24.0 Å². The van der Waals surface area contributed by atoms with Crippen molar-refractivity contribution in [2.24, 2.45) is 4.99 Å². The summed E-state index contributed by atoms with van der Waals surface area (Å²) in [6.45, 7) is 10.6. The van der Waals surface area contributed by atoms with Crippen molar-refractivity contribution in [3.8, 4) is 0 Å². The second kappa shape index (κ2) is 13.3. The molecule has 0 aromatic heterocycles. The van der Waals surface area contributed by atoms with Crippen LogP contribution in [0.1, 0.15) is 31.2 Å². The van der Waals surface area contributed by atoms with Gasteiger partial charge in [-0.3, -0.25) is 9.89 Å². The molecule has 3 rings (SSSR count). The van der Waals surface area contributed by atoms with Crippen molar-refractivity contribution in [2.45, 2.75) is 38.7 Å². The highest BCUT2D eigenvalue weighted by molar-refractivity contribution is 14.0. The van der Waals surface area contributed by atoms with Crippen LogP contribution in [-0.2, 0) is 4.74 Å². The van der Waals surface area contributed by atoms with Crippen LogP contribution in [0.4, 0.5) is 5.69 Å². The summed E-state index contributed by atoms with van der Waals surface area (Å²) < 4.78 is 5.65. The Bertz CT molecular complexity index is 613. The average molecular weight is 515 g/mol. The van der Waals surface area contributed by atoms with E-state index in [4.69, 9.17) is 4.74 Å². The molecule has 6 nitrogen and oxygen atoms in total. The molecule has 0 saturated carbocycles. The molecule has 2 fully saturated rings. The number of halogens is 1. The van der Waals surface area contributed by atoms with Gasteiger partial charge in [0.05, 0.1) is 6.10 Å². The maximum absolute atomic E-state index is 5.65. The van der Waals surface area contributed by atoms with E-state index in [2.05, 4.69) is 56.6 Å². The van der Waals surface area contributed by atoms with Crippen LogP contribution in [-0.4, -0.2) is 76.4 Å². The first-order chi connectivity index (χ1) is 13.7. The summed E-state index contributed by atoms with van der Waals surface area (Å²) in [5.74, 6) is 0.891. The summed E-state index contributed by atoms with van der Waals surface area (Å²) >= 11 is 0. The van der Waals surface area contributed by atoms with E-state index in [1.54, 1.807) is 0 Å². The largest absolute Gasteiger partial charge is 0.376 e. The van der Waals surface area contributed by atoms with E-state index in [1.807, 2.05) is 7.05 Å². The van der Waals surface area contributed by atoms with Gasteiger partial charge in [0, 0.05) is 58.6 Å². The summed E-state index contributed by atoms with van der Waals surface area (Å²) in [6, 6.07) is 8.85. The molecule has 1 atom stereocenters. The van der Waals surface area contributed by atoms with Crippen LogP contribution in [0.5, 0.6) is 0 Å². The third-order valence-electron chi connectivity index (χ3n) is 5.68. The lowest BCUT2D eigenvalue weighted by Crippen LogP contribution is -2.46. The fourth-order valence-electron chi connectivity index (χ4n) is 3.96. The molecule has 2 heterocycles. The fraction of sp³-hybridized carbons (Fsp3) is 0.682. The van der Waals surface area contributed by atoms with Crippen LogP contribution in [0.3, 0.4) is 0 Å². The zero-order valence-corrected chi connectivity index (χ0v) is 20.4. The van der Waals surface area contributed by atoms with E-state index in [0.29, 0.717) is 6.10 Å². The Labute approximate surface area is 193 Å². The first-order valence-electron chi connectivity index (χ1n) is 10.8. The van der Waals surface area contributed by atoms with E-state index in [1.165, 1.54) is 37.1 Å². The predicted molar refractivity (Wildman–Crippen MR) is 133 cm³/mol. The fourth-order valence-corrected chi connectivity index (χ4v) is 3.96. The summed E-state index contributed by atoms with van der Waals surface area (Å²) in [7, 11) is 1.83. The summed E-state index contributed by atoms with van der Waals surface area (Å²) in [5, 5.41) is 6.80. The van der Waals surface area contributed by atoms with E-state index >= 15 is 0 Å². The van der Waals surface area contributed by atoms with Gasteiger partial charge in [0.25, 0.3) is 0 Å². The maximum atomic E-state index is 5.65. The summed E-state index contributed by atoms with van der Waals surface area (Å²) in [4.78, 5) is 9.41. The lowest BCUT2D eigenvalue weighted by atomic mass is 10.2. The Morgan fingerprint density at radius 2 is 2.00 bits per heavy atom. The Kier molecular flexibility index (Phi) is 11.1. The monoisotopic (exact) mass is 515 g/mol. The van der Waals surface area contributed by atoms with Gasteiger partial charge >= 0.3 is 0 Å². The van der Waals surface area contributed by atoms with Crippen molar-refractivity contribution >= 4 is 35.6 Å². The van der Waals surface area contributed by atoms with Crippen molar-refractivity contribution in [3.05, 3.63) is 29.8 Å². The van der Waals surface area contributed by atoms with Crippen molar-refractivity contribution < 1.29 is 4.74 Å². The van der Waals surface area contributed by atoms with Gasteiger partial charge in [-0.25, -0.2) is 0 Å². The van der Waals surface area contributed by atoms with Crippen molar-refractivity contribution in [1.82, 2.24) is 15.5 Å². The highest BCUT2D eigenvalue weighted by atomic mass is 127. The van der Waals surface area contributed by atoms with Gasteiger partial charge < -0.3 is 20.3 Å². The lowest BCUT2D eigenvalue weighted by molar-refractivity contribution is 0.114. The highest BCUT2D eigenvalue weighted by Gasteiger charge is 2.17. The molecule has 2 N–H and O–H groups in total. The highest BCUT2D eigenvalue weighted by Crippen LogP contribution is 2.17. The Balaban J connectivity index is 0.00000300. The van der Waals surface area contributed by atoms with Gasteiger partial charge in [0.2, 0.25) is 0 Å². The number of unbranched alkanes of at least 4 members (excludes halogenated alkanes) is 1. The molecule has 2 aliphatic heterocycles. The molecule has 0 bridgehead atoms. The minimum Gasteiger partial charge on any atom is -0.376 e. The van der Waals surface area contributed by atoms with Crippen LogP contribution < -0.4 is 15.5 Å². The Hall–Kier alpha value is -1.06. The van der Waals surface area contributed by atoms with Gasteiger partial charge in [0.15, 0.2) is 5.96 Å². The number of anilines is 1. The van der Waals surface area contributed by atoms with Crippen LogP contribution in [0.2, 0.25) is 0 Å². The maximum Gasteiger partial charge on any atom is 0.191 e. The first-order valence-corrected chi connectivity index (χ1v) is 10.8. The van der Waals surface area contributed by atoms with Gasteiger partial charge in [0.1, 0.15) is 0 Å². The summed E-state index contributed by atoms with van der Waals surface area (Å²) in [6.07, 6.45) is 5.06. The molecule has 1 aromatic rings. The zero-order chi connectivity index (χ0) is 19.6. The minimum absolute atomic E-state index is 0. The van der Waals surface area contributed by atoms with Gasteiger partial charge in [-0.15, -0.1) is 24.0 Å². The van der Waals surface area contributed by atoms with E-state index < -0.39 is 0 Å². The molecular formula is C22H38IN5O. The number of nitrogens with one attached hydrogen (secondary N) is 2. The third-order valence-corrected chi connectivity index (χ3v) is 5.68. The molecule has 2 saturated heterocycles. The van der Waals surface area contributed by atoms with Gasteiger partial charge in [-0.05, 0) is 56.8 Å². The number of aliphatic imine (C=N–C) groups is 1. The number of rotatable bonds is 8. The molecule has 0 radical (unpaired) electrons. The smallest absolute Gasteiger partial charge is 0.191 e. The molecule has 0 spiro atoms. The number of benzene rings is 1. The second-order valence-corrected chi connectivity index (χ2v) is 7.89. The first kappa shape index (κ1) is 24.2. The Morgan fingerprint density at radius 3 is 2.69 bits per heavy atom. The van der Waals surface area contributed by atoms with Crippen molar-refractivity contribution in [2.75, 3.05) is 64.4 Å². The topological polar surface area (TPSA) is 52.1 Å². The molecular weight excluding hydrogens is 477 g/mol. The molecule has 0 amide bonds. The number of hydrogen-bond donors (Lipinski definition) is 2. The average Bonchev–Trinajstić information content (AvgIpc) is 3.24. The lowest BCUT2D eigenvalue weighted by Gasteiger charge is -2.36. The standard InChI is InChI=1S/C22H37N5O.HI/c1-19-7-5-8-20(17-19)27-14-12-26(13-15-27)11-4-3-10-24-22(23-2)25-18-21-9-6-16-28-21;/h5,7-8,17,21H,3-4,6,9-16,18H2,1-2H3,(H2,23,24,25);1H. The van der Waals surface area contributed by atoms with Crippen LogP contribution in [0.25, 0.3) is 0 Å². The Morgan fingerprint density at radius 1 is 1.17 bits per heavy atom. The van der Waals surface area contributed by atoms with E-state index in [9.17, 15) is 0 Å². The number of hydrogen-bond acceptors (Lipinski definition) is 4. The SMILES string of the molecule is CN=C(NCCCCN1CCN(c2cccc(C)c2)CC1)NCC1CCCO1.I. The van der Waals surface area contributed by atoms with Gasteiger partial charge in [-0.2, -0.15) is 0 Å². The normalized spacial score (nSPS) is 20.4. The molecule has 1 unspecified atom stereocenters. The number of aryl methyl sites for hydroxylation is 1.